The summed E-state index contributed by atoms with van der Waals surface area (Å²) in [4.78, 5) is 15.5. The van der Waals surface area contributed by atoms with Crippen LogP contribution in [0.15, 0.2) is 30.6 Å². The lowest BCUT2D eigenvalue weighted by Crippen LogP contribution is -2.48. The van der Waals surface area contributed by atoms with E-state index in [1.54, 1.807) is 11.0 Å². The summed E-state index contributed by atoms with van der Waals surface area (Å²) in [7, 11) is 0. The largest absolute Gasteiger partial charge is 0.424 e. The van der Waals surface area contributed by atoms with Crippen molar-refractivity contribution in [3.8, 4) is 11.8 Å². The molecule has 174 valence electrons. The fourth-order valence-electron chi connectivity index (χ4n) is 4.92. The topological polar surface area (TPSA) is 81.0 Å². The van der Waals surface area contributed by atoms with Crippen LogP contribution in [0.2, 0.25) is 0 Å². The number of nitrogens with one attached hydrogen (secondary N) is 1. The van der Waals surface area contributed by atoms with E-state index in [0.717, 1.165) is 62.1 Å². The molecule has 0 amide bonds. The second kappa shape index (κ2) is 8.92. The van der Waals surface area contributed by atoms with Crippen LogP contribution in [-0.4, -0.2) is 43.9 Å². The van der Waals surface area contributed by atoms with Gasteiger partial charge in [0.1, 0.15) is 29.5 Å². The van der Waals surface area contributed by atoms with Gasteiger partial charge in [0.15, 0.2) is 0 Å². The maximum atomic E-state index is 13.6. The lowest BCUT2D eigenvalue weighted by molar-refractivity contribution is 0.374. The highest BCUT2D eigenvalue weighted by molar-refractivity contribution is 5.42. The van der Waals surface area contributed by atoms with Crippen molar-refractivity contribution in [3.63, 3.8) is 0 Å². The van der Waals surface area contributed by atoms with Gasteiger partial charge in [-0.05, 0) is 38.0 Å². The minimum absolute atomic E-state index is 0.0531. The number of fused-ring (bicyclic) bond motifs is 2. The Morgan fingerprint density at radius 3 is 2.45 bits per heavy atom. The van der Waals surface area contributed by atoms with Crippen LogP contribution in [0.25, 0.3) is 0 Å². The molecule has 2 unspecified atom stereocenters. The Morgan fingerprint density at radius 1 is 1.06 bits per heavy atom. The van der Waals surface area contributed by atoms with Gasteiger partial charge < -0.3 is 15.0 Å². The molecule has 33 heavy (non-hydrogen) atoms. The van der Waals surface area contributed by atoms with Gasteiger partial charge in [-0.3, -0.25) is 0 Å². The number of piperidine rings is 1. The van der Waals surface area contributed by atoms with Gasteiger partial charge in [-0.1, -0.05) is 6.92 Å². The molecule has 0 radical (unpaired) electrons. The van der Waals surface area contributed by atoms with Gasteiger partial charge in [-0.25, -0.2) is 23.4 Å². The quantitative estimate of drug-likeness (QED) is 0.572. The number of aryl methyl sites for hydroxylation is 2. The third-order valence-corrected chi connectivity index (χ3v) is 6.36. The highest BCUT2D eigenvalue weighted by atomic mass is 19.1. The SMILES string of the molecule is CCCn1nc(NC2C3CCC2CN(c2cc(C)ncn2)C3)nc1Oc1cc(F)cc(F)c1. The van der Waals surface area contributed by atoms with Crippen molar-refractivity contribution < 1.29 is 13.5 Å². The Morgan fingerprint density at radius 2 is 1.79 bits per heavy atom. The summed E-state index contributed by atoms with van der Waals surface area (Å²) in [5, 5.41) is 8.09. The fourth-order valence-corrected chi connectivity index (χ4v) is 4.92. The van der Waals surface area contributed by atoms with Crippen molar-refractivity contribution >= 4 is 11.8 Å². The second-order valence-electron chi connectivity index (χ2n) is 8.84. The zero-order valence-corrected chi connectivity index (χ0v) is 18.7. The molecule has 1 N–H and O–H groups in total. The predicted molar refractivity (Wildman–Crippen MR) is 119 cm³/mol. The van der Waals surface area contributed by atoms with Crippen molar-refractivity contribution in [3.05, 3.63) is 47.9 Å². The molecule has 1 saturated heterocycles. The van der Waals surface area contributed by atoms with Gasteiger partial charge in [0.2, 0.25) is 5.95 Å². The normalized spacial score (nSPS) is 21.9. The fraction of sp³-hybridized carbons (Fsp3) is 0.478. The molecule has 2 aliphatic rings. The maximum absolute atomic E-state index is 13.6. The van der Waals surface area contributed by atoms with E-state index in [0.29, 0.717) is 24.3 Å². The minimum Gasteiger partial charge on any atom is -0.424 e. The van der Waals surface area contributed by atoms with E-state index in [1.807, 2.05) is 19.9 Å². The van der Waals surface area contributed by atoms with Crippen LogP contribution in [0.3, 0.4) is 0 Å². The van der Waals surface area contributed by atoms with Crippen molar-refractivity contribution in [2.75, 3.05) is 23.3 Å². The van der Waals surface area contributed by atoms with E-state index in [2.05, 4.69) is 30.3 Å². The molecule has 1 aliphatic carbocycles. The predicted octanol–water partition coefficient (Wildman–Crippen LogP) is 4.18. The van der Waals surface area contributed by atoms with Gasteiger partial charge in [0.25, 0.3) is 0 Å². The van der Waals surface area contributed by atoms with E-state index in [1.165, 1.54) is 0 Å². The lowest BCUT2D eigenvalue weighted by atomic mass is 9.92. The third-order valence-electron chi connectivity index (χ3n) is 6.36. The van der Waals surface area contributed by atoms with E-state index < -0.39 is 11.6 Å². The smallest absolute Gasteiger partial charge is 0.322 e. The summed E-state index contributed by atoms with van der Waals surface area (Å²) in [6.07, 6.45) is 4.70. The van der Waals surface area contributed by atoms with E-state index in [-0.39, 0.29) is 17.8 Å². The van der Waals surface area contributed by atoms with Crippen molar-refractivity contribution in [2.24, 2.45) is 11.8 Å². The number of nitrogens with zero attached hydrogens (tertiary/aromatic N) is 6. The highest BCUT2D eigenvalue weighted by Crippen LogP contribution is 2.39. The van der Waals surface area contributed by atoms with Crippen LogP contribution >= 0.6 is 0 Å². The lowest BCUT2D eigenvalue weighted by Gasteiger charge is -2.38. The van der Waals surface area contributed by atoms with E-state index >= 15 is 0 Å². The molecule has 1 aliphatic heterocycles. The zero-order valence-electron chi connectivity index (χ0n) is 18.7. The number of hydrogen-bond acceptors (Lipinski definition) is 7. The first-order chi connectivity index (χ1) is 16.0. The Kier molecular flexibility index (Phi) is 5.82. The van der Waals surface area contributed by atoms with Crippen LogP contribution in [0.1, 0.15) is 31.9 Å². The van der Waals surface area contributed by atoms with Crippen LogP contribution in [0, 0.1) is 30.4 Å². The molecule has 10 heteroatoms. The summed E-state index contributed by atoms with van der Waals surface area (Å²) < 4.78 is 34.5. The van der Waals surface area contributed by atoms with Crippen LogP contribution in [0.5, 0.6) is 11.8 Å². The molecule has 3 aromatic rings. The molecule has 8 nitrogen and oxygen atoms in total. The molecule has 2 bridgehead atoms. The van der Waals surface area contributed by atoms with Crippen molar-refractivity contribution in [2.45, 2.75) is 45.7 Å². The molecule has 2 atom stereocenters. The van der Waals surface area contributed by atoms with Gasteiger partial charge in [-0.15, -0.1) is 5.10 Å². The second-order valence-corrected chi connectivity index (χ2v) is 8.84. The maximum Gasteiger partial charge on any atom is 0.322 e. The summed E-state index contributed by atoms with van der Waals surface area (Å²) >= 11 is 0. The van der Waals surface area contributed by atoms with Gasteiger partial charge in [0, 0.05) is 55.6 Å². The molecule has 1 saturated carbocycles. The number of hydrogen-bond donors (Lipinski definition) is 1. The van der Waals surface area contributed by atoms with Crippen LogP contribution in [-0.2, 0) is 6.54 Å². The molecule has 3 heterocycles. The molecular formula is C23H27F2N7O. The molecule has 1 aromatic carbocycles. The summed E-state index contributed by atoms with van der Waals surface area (Å²) in [5.41, 5.74) is 0.962. The summed E-state index contributed by atoms with van der Waals surface area (Å²) in [6.45, 7) is 6.40. The average Bonchev–Trinajstić information content (AvgIpc) is 3.22. The van der Waals surface area contributed by atoms with E-state index in [4.69, 9.17) is 4.74 Å². The van der Waals surface area contributed by atoms with Crippen molar-refractivity contribution in [1.29, 1.82) is 0 Å². The number of anilines is 2. The molecule has 2 fully saturated rings. The number of halogens is 2. The highest BCUT2D eigenvalue weighted by Gasteiger charge is 2.43. The number of benzene rings is 1. The first-order valence-corrected chi connectivity index (χ1v) is 11.4. The average molecular weight is 456 g/mol. The first kappa shape index (κ1) is 21.5. The monoisotopic (exact) mass is 455 g/mol. The summed E-state index contributed by atoms with van der Waals surface area (Å²) in [5.74, 6) is 0.985. The Labute approximate surface area is 191 Å². The number of aromatic nitrogens is 5. The molecule has 5 rings (SSSR count). The summed E-state index contributed by atoms with van der Waals surface area (Å²) in [6, 6.07) is 5.56. The standard InChI is InChI=1S/C23H27F2N7O/c1-3-6-32-23(33-19-9-17(24)8-18(25)10-19)29-22(30-32)28-21-15-4-5-16(21)12-31(11-15)20-7-14(2)26-13-27-20/h7-10,13,15-16,21H,3-6,11-12H2,1-2H3,(H,28,30). The number of rotatable bonds is 7. The Hall–Kier alpha value is -3.30. The molecule has 0 spiro atoms. The molecular weight excluding hydrogens is 428 g/mol. The Balaban J connectivity index is 1.32. The number of ether oxygens (including phenoxy) is 1. The minimum atomic E-state index is -0.702. The van der Waals surface area contributed by atoms with Gasteiger partial charge >= 0.3 is 6.01 Å². The zero-order chi connectivity index (χ0) is 22.9. The Bertz CT molecular complexity index is 1100. The third kappa shape index (κ3) is 4.60. The van der Waals surface area contributed by atoms with Gasteiger partial charge in [-0.2, -0.15) is 4.98 Å². The van der Waals surface area contributed by atoms with Crippen molar-refractivity contribution in [1.82, 2.24) is 24.7 Å². The first-order valence-electron chi connectivity index (χ1n) is 11.4. The van der Waals surface area contributed by atoms with E-state index in [9.17, 15) is 8.78 Å². The molecule has 2 aromatic heterocycles. The van der Waals surface area contributed by atoms with Crippen LogP contribution in [0.4, 0.5) is 20.5 Å². The van der Waals surface area contributed by atoms with Gasteiger partial charge in [0.05, 0.1) is 0 Å². The van der Waals surface area contributed by atoms with Crippen LogP contribution < -0.4 is 15.0 Å².